The molecule has 2 N–H and O–H groups in total. The van der Waals surface area contributed by atoms with Gasteiger partial charge >= 0.3 is 0 Å². The van der Waals surface area contributed by atoms with Crippen molar-refractivity contribution in [3.05, 3.63) is 101 Å². The molecular formula is C32H37N3O2. The molecule has 2 bridgehead atoms. The van der Waals surface area contributed by atoms with E-state index in [9.17, 15) is 4.79 Å². The second-order valence-electron chi connectivity index (χ2n) is 10.7. The lowest BCUT2D eigenvalue weighted by atomic mass is 9.66. The number of amides is 1. The highest BCUT2D eigenvalue weighted by Gasteiger charge is 2.52. The van der Waals surface area contributed by atoms with Crippen molar-refractivity contribution < 1.29 is 9.53 Å². The minimum absolute atomic E-state index is 0.0715. The fourth-order valence-electron chi connectivity index (χ4n) is 6.34. The maximum atomic E-state index is 12.5. The average molecular weight is 496 g/mol. The maximum absolute atomic E-state index is 12.5. The number of hydrogen-bond donors (Lipinski definition) is 1. The number of primary amides is 1. The molecule has 5 atom stereocenters. The number of benzene rings is 3. The molecule has 3 fully saturated rings. The second-order valence-corrected chi connectivity index (χ2v) is 10.7. The number of nitrogens with two attached hydrogens (primary N) is 1. The summed E-state index contributed by atoms with van der Waals surface area (Å²) in [5.74, 6) is 1.04. The summed E-state index contributed by atoms with van der Waals surface area (Å²) in [5.41, 5.74) is 10.7. The third-order valence-corrected chi connectivity index (χ3v) is 8.24. The van der Waals surface area contributed by atoms with Crippen LogP contribution in [0.5, 0.6) is 5.75 Å². The van der Waals surface area contributed by atoms with Crippen molar-refractivity contribution in [1.82, 2.24) is 4.90 Å². The monoisotopic (exact) mass is 495 g/mol. The van der Waals surface area contributed by atoms with Gasteiger partial charge in [0.2, 0.25) is 5.91 Å². The Balaban J connectivity index is 1.61. The second kappa shape index (κ2) is 10.9. The number of piperidine rings is 3. The minimum Gasteiger partial charge on any atom is -0.496 e. The molecule has 3 aromatic rings. The van der Waals surface area contributed by atoms with Gasteiger partial charge in [-0.2, -0.15) is 0 Å². The van der Waals surface area contributed by atoms with Crippen molar-refractivity contribution in [3.8, 4) is 5.75 Å². The third-order valence-electron chi connectivity index (χ3n) is 8.24. The zero-order valence-corrected chi connectivity index (χ0v) is 22.0. The Hall–Kier alpha value is -3.44. The summed E-state index contributed by atoms with van der Waals surface area (Å²) in [5, 5.41) is 0. The van der Waals surface area contributed by atoms with E-state index < -0.39 is 0 Å². The predicted octanol–water partition coefficient (Wildman–Crippen LogP) is 5.24. The quantitative estimate of drug-likeness (QED) is 0.435. The molecule has 192 valence electrons. The van der Waals surface area contributed by atoms with E-state index in [1.54, 1.807) is 7.11 Å². The highest BCUT2D eigenvalue weighted by molar-refractivity contribution is 5.84. The van der Waals surface area contributed by atoms with E-state index in [0.717, 1.165) is 24.3 Å². The number of nitrogens with zero attached hydrogens (tertiary/aromatic N) is 2. The first kappa shape index (κ1) is 25.2. The normalized spacial score (nSPS) is 25.2. The molecular weight excluding hydrogens is 458 g/mol. The van der Waals surface area contributed by atoms with Gasteiger partial charge in [-0.1, -0.05) is 80.6 Å². The number of aliphatic imine (C=N–C) groups is 1. The zero-order chi connectivity index (χ0) is 25.9. The van der Waals surface area contributed by atoms with E-state index >= 15 is 0 Å². The number of hydrogen-bond acceptors (Lipinski definition) is 4. The maximum Gasteiger partial charge on any atom is 0.222 e. The lowest BCUT2D eigenvalue weighted by Crippen LogP contribution is -2.64. The molecule has 3 aliphatic heterocycles. The molecule has 3 saturated heterocycles. The first-order valence-electron chi connectivity index (χ1n) is 13.3. The van der Waals surface area contributed by atoms with Crippen LogP contribution in [-0.4, -0.2) is 49.3 Å². The van der Waals surface area contributed by atoms with E-state index in [-0.39, 0.29) is 35.7 Å². The summed E-state index contributed by atoms with van der Waals surface area (Å²) >= 11 is 0. The smallest absolute Gasteiger partial charge is 0.222 e. The molecule has 0 radical (unpaired) electrons. The Morgan fingerprint density at radius 3 is 2.22 bits per heavy atom. The van der Waals surface area contributed by atoms with Gasteiger partial charge in [0, 0.05) is 30.3 Å². The molecule has 1 amide bonds. The Bertz CT molecular complexity index is 1200. The summed E-state index contributed by atoms with van der Waals surface area (Å²) < 4.78 is 5.68. The zero-order valence-electron chi connectivity index (χ0n) is 22.0. The Kier molecular flexibility index (Phi) is 7.43. The largest absolute Gasteiger partial charge is 0.496 e. The highest BCUT2D eigenvalue weighted by Crippen LogP contribution is 2.45. The van der Waals surface area contributed by atoms with E-state index in [1.165, 1.54) is 16.7 Å². The van der Waals surface area contributed by atoms with Gasteiger partial charge in [-0.3, -0.25) is 14.7 Å². The number of rotatable bonds is 8. The van der Waals surface area contributed by atoms with Crippen LogP contribution < -0.4 is 10.5 Å². The van der Waals surface area contributed by atoms with Crippen molar-refractivity contribution in [2.24, 2.45) is 22.6 Å². The molecule has 3 aromatic carbocycles. The van der Waals surface area contributed by atoms with Crippen LogP contribution >= 0.6 is 0 Å². The van der Waals surface area contributed by atoms with Gasteiger partial charge in [0.25, 0.3) is 0 Å². The molecule has 37 heavy (non-hydrogen) atoms. The van der Waals surface area contributed by atoms with Crippen LogP contribution in [0, 0.1) is 11.8 Å². The fourth-order valence-corrected chi connectivity index (χ4v) is 6.34. The van der Waals surface area contributed by atoms with Crippen LogP contribution in [0.2, 0.25) is 0 Å². The van der Waals surface area contributed by atoms with Gasteiger partial charge in [-0.05, 0) is 53.6 Å². The molecule has 0 saturated carbocycles. The van der Waals surface area contributed by atoms with Crippen molar-refractivity contribution in [1.29, 1.82) is 0 Å². The lowest BCUT2D eigenvalue weighted by Gasteiger charge is -2.55. The van der Waals surface area contributed by atoms with E-state index in [1.807, 2.05) is 12.3 Å². The topological polar surface area (TPSA) is 67.9 Å². The molecule has 3 aliphatic rings. The molecule has 6 rings (SSSR count). The number of fused-ring (bicyclic) bond motifs is 3. The SMILES string of the molecule is COc1ccc(C(C)C)cc1C=N[C@H]1[C@H]2CCN(C[C@@H]2C(N)=O)[C@H]1C(c1ccccc1)c1ccccc1. The van der Waals surface area contributed by atoms with Gasteiger partial charge < -0.3 is 10.5 Å². The van der Waals surface area contributed by atoms with Crippen LogP contribution in [0.3, 0.4) is 0 Å². The van der Waals surface area contributed by atoms with Crippen molar-refractivity contribution in [2.45, 2.75) is 44.2 Å². The van der Waals surface area contributed by atoms with Crippen molar-refractivity contribution in [3.63, 3.8) is 0 Å². The molecule has 1 unspecified atom stereocenters. The van der Waals surface area contributed by atoms with Crippen LogP contribution in [0.25, 0.3) is 0 Å². The van der Waals surface area contributed by atoms with Crippen molar-refractivity contribution in [2.75, 3.05) is 20.2 Å². The fraction of sp³-hybridized carbons (Fsp3) is 0.375. The molecule has 5 heteroatoms. The van der Waals surface area contributed by atoms with Gasteiger partial charge in [-0.15, -0.1) is 0 Å². The van der Waals surface area contributed by atoms with E-state index in [0.29, 0.717) is 12.5 Å². The third kappa shape index (κ3) is 5.05. The van der Waals surface area contributed by atoms with Crippen LogP contribution in [-0.2, 0) is 4.79 Å². The Morgan fingerprint density at radius 2 is 1.65 bits per heavy atom. The Labute approximate surface area is 220 Å². The first-order chi connectivity index (χ1) is 18.0. The first-order valence-corrected chi connectivity index (χ1v) is 13.3. The summed E-state index contributed by atoms with van der Waals surface area (Å²) in [7, 11) is 1.70. The van der Waals surface area contributed by atoms with Crippen LogP contribution in [0.15, 0.2) is 83.9 Å². The van der Waals surface area contributed by atoms with E-state index in [4.69, 9.17) is 15.5 Å². The number of methoxy groups -OCH3 is 1. The summed E-state index contributed by atoms with van der Waals surface area (Å²) in [6, 6.07) is 27.7. The van der Waals surface area contributed by atoms with Gasteiger partial charge in [0.1, 0.15) is 5.75 Å². The average Bonchev–Trinajstić information content (AvgIpc) is 2.93. The number of carbonyl (C=O) groups excluding carboxylic acids is 1. The van der Waals surface area contributed by atoms with Gasteiger partial charge in [0.15, 0.2) is 0 Å². The lowest BCUT2D eigenvalue weighted by molar-refractivity contribution is -0.131. The molecule has 5 nitrogen and oxygen atoms in total. The summed E-state index contributed by atoms with van der Waals surface area (Å²) in [6.45, 7) is 6.02. The predicted molar refractivity (Wildman–Crippen MR) is 149 cm³/mol. The van der Waals surface area contributed by atoms with Crippen LogP contribution in [0.4, 0.5) is 0 Å². The summed E-state index contributed by atoms with van der Waals surface area (Å²) in [4.78, 5) is 20.3. The molecule has 3 heterocycles. The summed E-state index contributed by atoms with van der Waals surface area (Å²) in [6.07, 6.45) is 2.89. The van der Waals surface area contributed by atoms with Crippen LogP contribution in [0.1, 0.15) is 54.4 Å². The number of carbonyl (C=O) groups is 1. The molecule has 0 aliphatic carbocycles. The Morgan fingerprint density at radius 1 is 1.00 bits per heavy atom. The standard InChI is InChI=1S/C32H37N3O2/c1-21(2)24-14-15-28(37-3)25(18-24)19-34-30-26-16-17-35(20-27(26)32(33)36)31(30)29(22-10-6-4-7-11-22)23-12-8-5-9-13-23/h4-15,18-19,21,26-27,29-31H,16-17,20H2,1-3H3,(H2,33,36)/t26-,27-,30-,31-/m0/s1. The minimum atomic E-state index is -0.219. The van der Waals surface area contributed by atoms with Crippen molar-refractivity contribution >= 4 is 12.1 Å². The molecule has 0 aromatic heterocycles. The van der Waals surface area contributed by atoms with E-state index in [2.05, 4.69) is 91.5 Å². The molecule has 0 spiro atoms. The van der Waals surface area contributed by atoms with Gasteiger partial charge in [-0.25, -0.2) is 0 Å². The van der Waals surface area contributed by atoms with Gasteiger partial charge in [0.05, 0.1) is 19.1 Å². The number of ether oxygens (including phenoxy) is 1. The highest BCUT2D eigenvalue weighted by atomic mass is 16.5.